The number of esters is 1. The molecule has 0 N–H and O–H groups in total. The van der Waals surface area contributed by atoms with Crippen LogP contribution in [0.25, 0.3) is 5.57 Å². The van der Waals surface area contributed by atoms with E-state index in [1.165, 1.54) is 7.11 Å². The Morgan fingerprint density at radius 3 is 2.24 bits per heavy atom. The first-order valence-corrected chi connectivity index (χ1v) is 6.88. The van der Waals surface area contributed by atoms with Crippen molar-refractivity contribution >= 4 is 11.5 Å². The van der Waals surface area contributed by atoms with Crippen LogP contribution in [0.1, 0.15) is 11.1 Å². The lowest BCUT2D eigenvalue weighted by Crippen LogP contribution is -2.14. The van der Waals surface area contributed by atoms with Gasteiger partial charge in [0.2, 0.25) is 5.76 Å². The molecule has 1 atom stereocenters. The molecule has 106 valence electrons. The third-order valence-electron chi connectivity index (χ3n) is 3.55. The van der Waals surface area contributed by atoms with Crippen LogP contribution in [0.3, 0.4) is 0 Å². The lowest BCUT2D eigenvalue weighted by molar-refractivity contribution is -0.142. The largest absolute Gasteiger partial charge is 0.490 e. The Kier molecular flexibility index (Phi) is 3.73. The normalized spacial score (nSPS) is 17.8. The predicted octanol–water partition coefficient (Wildman–Crippen LogP) is 3.21. The van der Waals surface area contributed by atoms with E-state index in [0.717, 1.165) is 16.7 Å². The van der Waals surface area contributed by atoms with Crippen LogP contribution in [0.2, 0.25) is 0 Å². The highest BCUT2D eigenvalue weighted by Gasteiger charge is 2.36. The third kappa shape index (κ3) is 2.68. The van der Waals surface area contributed by atoms with Gasteiger partial charge in [-0.1, -0.05) is 60.7 Å². The molecule has 0 amide bonds. The molecule has 0 unspecified atom stereocenters. The summed E-state index contributed by atoms with van der Waals surface area (Å²) < 4.78 is 10.8. The molecule has 3 nitrogen and oxygen atoms in total. The topological polar surface area (TPSA) is 35.5 Å². The van der Waals surface area contributed by atoms with Gasteiger partial charge in [0.1, 0.15) is 6.10 Å². The Labute approximate surface area is 123 Å². The van der Waals surface area contributed by atoms with Gasteiger partial charge in [0.05, 0.1) is 7.11 Å². The summed E-state index contributed by atoms with van der Waals surface area (Å²) in [6, 6.07) is 19.8. The van der Waals surface area contributed by atoms with Crippen molar-refractivity contribution in [2.24, 2.45) is 0 Å². The zero-order valence-electron chi connectivity index (χ0n) is 11.8. The van der Waals surface area contributed by atoms with Crippen molar-refractivity contribution in [3.8, 4) is 0 Å². The first-order valence-electron chi connectivity index (χ1n) is 6.88. The molecule has 0 bridgehead atoms. The van der Waals surface area contributed by atoms with Gasteiger partial charge in [-0.15, -0.1) is 0 Å². The van der Waals surface area contributed by atoms with Gasteiger partial charge in [-0.05, 0) is 11.1 Å². The average molecular weight is 280 g/mol. The maximum atomic E-state index is 12.0. The number of benzene rings is 2. The fourth-order valence-corrected chi connectivity index (χ4v) is 2.60. The summed E-state index contributed by atoms with van der Waals surface area (Å²) in [5, 5.41) is 0. The summed E-state index contributed by atoms with van der Waals surface area (Å²) in [6.45, 7) is 0. The molecular weight excluding hydrogens is 264 g/mol. The summed E-state index contributed by atoms with van der Waals surface area (Å²) in [6.07, 6.45) is 0.334. The molecule has 2 aromatic rings. The molecule has 0 aliphatic carbocycles. The molecule has 0 fully saturated rings. The van der Waals surface area contributed by atoms with Crippen LogP contribution >= 0.6 is 0 Å². The highest BCUT2D eigenvalue weighted by Crippen LogP contribution is 2.33. The minimum atomic E-state index is -0.391. The first kappa shape index (κ1) is 13.4. The smallest absolute Gasteiger partial charge is 0.374 e. The van der Waals surface area contributed by atoms with Gasteiger partial charge >= 0.3 is 5.97 Å². The summed E-state index contributed by atoms with van der Waals surface area (Å²) in [5.41, 5.74) is 2.91. The van der Waals surface area contributed by atoms with Crippen LogP contribution < -0.4 is 0 Å². The zero-order valence-corrected chi connectivity index (χ0v) is 11.8. The molecule has 1 aliphatic heterocycles. The maximum absolute atomic E-state index is 12.0. The number of hydrogen-bond donors (Lipinski definition) is 0. The van der Waals surface area contributed by atoms with Crippen molar-refractivity contribution in [2.45, 2.75) is 12.5 Å². The quantitative estimate of drug-likeness (QED) is 0.807. The maximum Gasteiger partial charge on any atom is 0.374 e. The molecule has 3 rings (SSSR count). The second kappa shape index (κ2) is 5.83. The number of carbonyl (C=O) groups is 1. The zero-order chi connectivity index (χ0) is 14.7. The number of ether oxygens (including phenoxy) is 2. The van der Waals surface area contributed by atoms with Crippen LogP contribution in [0.4, 0.5) is 0 Å². The minimum absolute atomic E-state index is 0.308. The summed E-state index contributed by atoms with van der Waals surface area (Å²) in [4.78, 5) is 12.0. The van der Waals surface area contributed by atoms with E-state index in [0.29, 0.717) is 12.2 Å². The van der Waals surface area contributed by atoms with Gasteiger partial charge in [-0.3, -0.25) is 0 Å². The molecule has 3 heteroatoms. The van der Waals surface area contributed by atoms with E-state index >= 15 is 0 Å². The molecule has 0 saturated heterocycles. The molecule has 1 aliphatic rings. The van der Waals surface area contributed by atoms with E-state index in [4.69, 9.17) is 9.47 Å². The van der Waals surface area contributed by atoms with Crippen LogP contribution in [-0.4, -0.2) is 19.2 Å². The van der Waals surface area contributed by atoms with Crippen molar-refractivity contribution in [3.63, 3.8) is 0 Å². The Bertz CT molecular complexity index is 659. The predicted molar refractivity (Wildman–Crippen MR) is 80.4 cm³/mol. The van der Waals surface area contributed by atoms with Crippen molar-refractivity contribution in [1.82, 2.24) is 0 Å². The van der Waals surface area contributed by atoms with E-state index in [2.05, 4.69) is 0 Å². The number of methoxy groups -OCH3 is 1. The van der Waals surface area contributed by atoms with Gasteiger partial charge in [0, 0.05) is 12.0 Å². The van der Waals surface area contributed by atoms with E-state index in [1.807, 2.05) is 60.7 Å². The average Bonchev–Trinajstić information content (AvgIpc) is 2.84. The fourth-order valence-electron chi connectivity index (χ4n) is 2.60. The molecule has 1 heterocycles. The second-order valence-corrected chi connectivity index (χ2v) is 4.90. The van der Waals surface area contributed by atoms with Crippen LogP contribution in [-0.2, 0) is 20.7 Å². The number of carbonyl (C=O) groups excluding carboxylic acids is 1. The van der Waals surface area contributed by atoms with Gasteiger partial charge in [0.25, 0.3) is 0 Å². The minimum Gasteiger partial charge on any atom is -0.490 e. The number of cyclic esters (lactones) is 1. The van der Waals surface area contributed by atoms with Crippen molar-refractivity contribution in [2.75, 3.05) is 7.11 Å². The molecule has 0 spiro atoms. The lowest BCUT2D eigenvalue weighted by atomic mass is 9.96. The van der Waals surface area contributed by atoms with Crippen LogP contribution in [0.5, 0.6) is 0 Å². The third-order valence-corrected chi connectivity index (χ3v) is 3.55. The highest BCUT2D eigenvalue weighted by molar-refractivity contribution is 6.01. The Morgan fingerprint density at radius 2 is 1.62 bits per heavy atom. The monoisotopic (exact) mass is 280 g/mol. The van der Waals surface area contributed by atoms with E-state index < -0.39 is 5.97 Å². The molecule has 0 aromatic heterocycles. The van der Waals surface area contributed by atoms with Crippen molar-refractivity contribution < 1.29 is 14.3 Å². The van der Waals surface area contributed by atoms with Crippen molar-refractivity contribution in [3.05, 3.63) is 77.5 Å². The van der Waals surface area contributed by atoms with Crippen LogP contribution in [0.15, 0.2) is 66.4 Å². The second-order valence-electron chi connectivity index (χ2n) is 4.90. The summed E-state index contributed by atoms with van der Waals surface area (Å²) >= 11 is 0. The molecule has 0 radical (unpaired) electrons. The highest BCUT2D eigenvalue weighted by atomic mass is 16.6. The van der Waals surface area contributed by atoms with E-state index in [-0.39, 0.29) is 6.10 Å². The standard InChI is InChI=1S/C18H16O3/c1-20-17-16(14-10-6-3-7-11-14)15(21-18(17)19)12-13-8-4-2-5-9-13/h2-11,15H,12H2,1H3/t15-/m1/s1. The summed E-state index contributed by atoms with van der Waals surface area (Å²) in [5.74, 6) is -0.0839. The summed E-state index contributed by atoms with van der Waals surface area (Å²) in [7, 11) is 1.50. The molecular formula is C18H16O3. The van der Waals surface area contributed by atoms with Gasteiger partial charge in [0.15, 0.2) is 0 Å². The Morgan fingerprint density at radius 1 is 1.00 bits per heavy atom. The van der Waals surface area contributed by atoms with Crippen LogP contribution in [0, 0.1) is 0 Å². The lowest BCUT2D eigenvalue weighted by Gasteiger charge is -2.14. The Balaban J connectivity index is 1.97. The number of hydrogen-bond acceptors (Lipinski definition) is 3. The van der Waals surface area contributed by atoms with Gasteiger partial charge in [-0.2, -0.15) is 0 Å². The van der Waals surface area contributed by atoms with Crippen molar-refractivity contribution in [1.29, 1.82) is 0 Å². The first-order chi connectivity index (χ1) is 10.3. The molecule has 21 heavy (non-hydrogen) atoms. The molecule has 2 aromatic carbocycles. The SMILES string of the molecule is COC1=C(c2ccccc2)[C@@H](Cc2ccccc2)OC1=O. The molecule has 0 saturated carbocycles. The van der Waals surface area contributed by atoms with Gasteiger partial charge < -0.3 is 9.47 Å². The Hall–Kier alpha value is -2.55. The van der Waals surface area contributed by atoms with E-state index in [1.54, 1.807) is 0 Å². The fraction of sp³-hybridized carbons (Fsp3) is 0.167. The van der Waals surface area contributed by atoms with Gasteiger partial charge in [-0.25, -0.2) is 4.79 Å². The number of rotatable bonds is 4. The van der Waals surface area contributed by atoms with E-state index in [9.17, 15) is 4.79 Å².